The van der Waals surface area contributed by atoms with E-state index in [1.165, 1.54) is 0 Å². The first-order chi connectivity index (χ1) is 34.1. The Kier molecular flexibility index (Phi) is 17.4. The van der Waals surface area contributed by atoms with Crippen LogP contribution in [0.4, 0.5) is 0 Å². The van der Waals surface area contributed by atoms with E-state index in [0.717, 1.165) is 31.3 Å². The van der Waals surface area contributed by atoms with Crippen molar-refractivity contribution < 1.29 is 104 Å². The van der Waals surface area contributed by atoms with Crippen molar-refractivity contribution >= 4 is 0 Å². The minimum atomic E-state index is -1.71. The third-order valence-electron chi connectivity index (χ3n) is 20.1. The number of allylic oxidation sites excluding steroid dienone is 2. The van der Waals surface area contributed by atoms with Gasteiger partial charge >= 0.3 is 0 Å². The van der Waals surface area contributed by atoms with E-state index in [-0.39, 0.29) is 53.1 Å². The van der Waals surface area contributed by atoms with Crippen molar-refractivity contribution in [2.24, 2.45) is 45.3 Å². The number of fused-ring (bicyclic) bond motifs is 5. The summed E-state index contributed by atoms with van der Waals surface area (Å²) in [5.41, 5.74) is -1.36. The zero-order valence-electron chi connectivity index (χ0n) is 43.7. The van der Waals surface area contributed by atoms with Crippen LogP contribution in [0.25, 0.3) is 0 Å². The number of rotatable bonds is 14. The van der Waals surface area contributed by atoms with Crippen molar-refractivity contribution in [3.63, 3.8) is 0 Å². The maximum atomic E-state index is 12.8. The highest BCUT2D eigenvalue weighted by Gasteiger charge is 2.72. The van der Waals surface area contributed by atoms with E-state index in [1.807, 2.05) is 20.8 Å². The normalized spacial score (nSPS) is 52.8. The highest BCUT2D eigenvalue weighted by atomic mass is 16.8. The van der Waals surface area contributed by atoms with Crippen LogP contribution in [0.5, 0.6) is 0 Å². The van der Waals surface area contributed by atoms with Crippen LogP contribution in [-0.4, -0.2) is 221 Å². The van der Waals surface area contributed by atoms with Crippen LogP contribution < -0.4 is 0 Å². The van der Waals surface area contributed by atoms with Crippen LogP contribution in [0.15, 0.2) is 11.6 Å². The quantitative estimate of drug-likeness (QED) is 0.0739. The van der Waals surface area contributed by atoms with Crippen molar-refractivity contribution in [1.82, 2.24) is 0 Å². The molecular weight excluding hydrogens is 961 g/mol. The van der Waals surface area contributed by atoms with Crippen LogP contribution in [-0.2, 0) is 37.9 Å². The average Bonchev–Trinajstić information content (AvgIpc) is 3.72. The molecule has 8 aliphatic rings. The van der Waals surface area contributed by atoms with Crippen molar-refractivity contribution in [3.8, 4) is 0 Å². The molecule has 8 rings (SSSR count). The first-order valence-electron chi connectivity index (χ1n) is 26.7. The van der Waals surface area contributed by atoms with Gasteiger partial charge in [0.2, 0.25) is 0 Å². The van der Waals surface area contributed by atoms with Gasteiger partial charge in [0.1, 0.15) is 85.5 Å². The molecular formula is C52H88O21. The van der Waals surface area contributed by atoms with E-state index < -0.39 is 147 Å². The number of aliphatic hydroxyl groups excluding tert-OH is 13. The van der Waals surface area contributed by atoms with Crippen molar-refractivity contribution in [1.29, 1.82) is 0 Å². The summed E-state index contributed by atoms with van der Waals surface area (Å²) in [4.78, 5) is 0. The molecule has 4 saturated carbocycles. The highest BCUT2D eigenvalue weighted by Crippen LogP contribution is 2.76. The first-order valence-corrected chi connectivity index (χ1v) is 26.7. The van der Waals surface area contributed by atoms with Crippen LogP contribution in [0.3, 0.4) is 0 Å². The lowest BCUT2D eigenvalue weighted by Crippen LogP contribution is -2.67. The van der Waals surface area contributed by atoms with Gasteiger partial charge in [0.05, 0.1) is 44.2 Å². The van der Waals surface area contributed by atoms with Gasteiger partial charge in [0.25, 0.3) is 0 Å². The number of hydrogen-bond acceptors (Lipinski definition) is 21. The molecule has 4 heterocycles. The fraction of sp³-hybridized carbons (Fsp3) is 0.962. The van der Waals surface area contributed by atoms with Gasteiger partial charge in [-0.3, -0.25) is 0 Å². The van der Waals surface area contributed by atoms with Gasteiger partial charge < -0.3 is 104 Å². The lowest BCUT2D eigenvalue weighted by atomic mass is 9.35. The highest BCUT2D eigenvalue weighted by molar-refractivity contribution is 5.20. The predicted molar refractivity (Wildman–Crippen MR) is 254 cm³/mol. The smallest absolute Gasteiger partial charge is 0.187 e. The van der Waals surface area contributed by atoms with E-state index in [9.17, 15) is 66.4 Å². The minimum Gasteiger partial charge on any atom is -0.394 e. The van der Waals surface area contributed by atoms with Gasteiger partial charge in [0.15, 0.2) is 25.2 Å². The Bertz CT molecular complexity index is 1890. The second kappa shape index (κ2) is 21.9. The second-order valence-electron chi connectivity index (χ2n) is 24.8. The van der Waals surface area contributed by atoms with Gasteiger partial charge in [-0.05, 0) is 124 Å². The van der Waals surface area contributed by atoms with Gasteiger partial charge in [-0.1, -0.05) is 46.3 Å². The standard InChI is InChI=1S/C52H88O21/c1-23(2)10-9-14-52(8,73-47-43(39(62)36(59)28(19-53)69-47)72-45-41(64)35(58)27(56)21-67-45)24-11-16-51(7)33(24)25(54)18-31-49(5)15-13-32(48(3,4)30(49)12-17-50(31,51)6)71-46-42(65)38(61)37(60)29(70-46)22-68-44-40(63)34(57)26(55)20-66-44/h10,24-47,53-65H,9,11-22H2,1-8H3. The monoisotopic (exact) mass is 1050 g/mol. The summed E-state index contributed by atoms with van der Waals surface area (Å²) in [6, 6.07) is 0. The zero-order valence-corrected chi connectivity index (χ0v) is 43.7. The van der Waals surface area contributed by atoms with Crippen LogP contribution >= 0.6 is 0 Å². The topological polar surface area (TPSA) is 337 Å². The maximum absolute atomic E-state index is 12.8. The summed E-state index contributed by atoms with van der Waals surface area (Å²) < 4.78 is 48.7. The molecule has 13 N–H and O–H groups in total. The van der Waals surface area contributed by atoms with Crippen molar-refractivity contribution in [3.05, 3.63) is 11.6 Å². The van der Waals surface area contributed by atoms with Crippen molar-refractivity contribution in [2.45, 2.75) is 242 Å². The maximum Gasteiger partial charge on any atom is 0.187 e. The molecule has 21 heteroatoms. The Balaban J connectivity index is 1.01. The Morgan fingerprint density at radius 3 is 1.84 bits per heavy atom. The first kappa shape index (κ1) is 58.1. The van der Waals surface area contributed by atoms with Gasteiger partial charge in [-0.2, -0.15) is 0 Å². The molecule has 0 bridgehead atoms. The Morgan fingerprint density at radius 2 is 1.19 bits per heavy atom. The summed E-state index contributed by atoms with van der Waals surface area (Å²) in [7, 11) is 0. The van der Waals surface area contributed by atoms with E-state index >= 15 is 0 Å². The molecule has 28 atom stereocenters. The Hall–Kier alpha value is -1.10. The minimum absolute atomic E-state index is 0.0797. The molecule has 4 aliphatic carbocycles. The molecule has 4 aliphatic heterocycles. The molecule has 0 aromatic carbocycles. The molecule has 422 valence electrons. The summed E-state index contributed by atoms with van der Waals surface area (Å²) in [6.07, 6.45) is -19.9. The Labute approximate surface area is 428 Å². The molecule has 0 amide bonds. The third-order valence-corrected chi connectivity index (χ3v) is 20.1. The lowest BCUT2D eigenvalue weighted by molar-refractivity contribution is -0.374. The second-order valence-corrected chi connectivity index (χ2v) is 24.8. The number of hydrogen-bond donors (Lipinski definition) is 13. The van der Waals surface area contributed by atoms with Crippen LogP contribution in [0.1, 0.15) is 113 Å². The molecule has 4 saturated heterocycles. The van der Waals surface area contributed by atoms with Gasteiger partial charge in [-0.25, -0.2) is 0 Å². The summed E-state index contributed by atoms with van der Waals surface area (Å²) >= 11 is 0. The van der Waals surface area contributed by atoms with E-state index in [1.54, 1.807) is 0 Å². The van der Waals surface area contributed by atoms with Crippen LogP contribution in [0.2, 0.25) is 0 Å². The molecule has 21 nitrogen and oxygen atoms in total. The third kappa shape index (κ3) is 10.3. The number of aliphatic hydroxyl groups is 13. The SMILES string of the molecule is CC(C)=CCCC(C)(OC1OC(CO)C(O)C(O)C1OC1OCC(O)C(O)C1O)C1CCC2(C)C1C(O)CC1C3(C)CCC(OC4OC(COC5OCC(O)C(O)C5O)C(O)C(O)C4O)C(C)(C)C3CCC12C. The van der Waals surface area contributed by atoms with Gasteiger partial charge in [0, 0.05) is 0 Å². The average molecular weight is 1050 g/mol. The Morgan fingerprint density at radius 1 is 0.603 bits per heavy atom. The van der Waals surface area contributed by atoms with E-state index in [0.29, 0.717) is 32.1 Å². The lowest BCUT2D eigenvalue weighted by Gasteiger charge is -2.71. The fourth-order valence-corrected chi connectivity index (χ4v) is 15.7. The predicted octanol–water partition coefficient (Wildman–Crippen LogP) is -0.924. The molecule has 8 fully saturated rings. The molecule has 28 unspecified atom stereocenters. The summed E-state index contributed by atoms with van der Waals surface area (Å²) in [6.45, 7) is 15.6. The summed E-state index contributed by atoms with van der Waals surface area (Å²) in [5, 5.41) is 141. The summed E-state index contributed by atoms with van der Waals surface area (Å²) in [5.74, 6) is -0.324. The molecule has 0 radical (unpaired) electrons. The molecule has 73 heavy (non-hydrogen) atoms. The number of ether oxygens (including phenoxy) is 8. The largest absolute Gasteiger partial charge is 0.394 e. The molecule has 0 aromatic rings. The zero-order chi connectivity index (χ0) is 53.5. The van der Waals surface area contributed by atoms with Gasteiger partial charge in [-0.15, -0.1) is 0 Å². The van der Waals surface area contributed by atoms with E-state index in [4.69, 9.17) is 37.9 Å². The molecule has 0 spiro atoms. The van der Waals surface area contributed by atoms with Crippen molar-refractivity contribution in [2.75, 3.05) is 26.4 Å². The fourth-order valence-electron chi connectivity index (χ4n) is 15.7. The van der Waals surface area contributed by atoms with E-state index in [2.05, 4.69) is 40.7 Å². The molecule has 0 aromatic heterocycles. The van der Waals surface area contributed by atoms with Crippen LogP contribution in [0, 0.1) is 45.3 Å².